The Hall–Kier alpha value is -4.57. The average molecular weight is 503 g/mol. The van der Waals surface area contributed by atoms with Crippen molar-refractivity contribution in [1.29, 1.82) is 0 Å². The van der Waals surface area contributed by atoms with Gasteiger partial charge in [-0.1, -0.05) is 6.07 Å². The summed E-state index contributed by atoms with van der Waals surface area (Å²) < 4.78 is 1.97. The Kier molecular flexibility index (Phi) is 6.54. The maximum absolute atomic E-state index is 13.4. The largest absolute Gasteiger partial charge is 0.478 e. The number of nitrogens with zero attached hydrogens (tertiary/aromatic N) is 2. The summed E-state index contributed by atoms with van der Waals surface area (Å²) in [6.07, 6.45) is 1.50. The van der Waals surface area contributed by atoms with E-state index in [2.05, 4.69) is 10.6 Å². The maximum Gasteiger partial charge on any atom is 0.335 e. The van der Waals surface area contributed by atoms with Crippen molar-refractivity contribution < 1.29 is 24.3 Å². The number of carbonyl (C=O) groups excluding carboxylic acids is 3. The van der Waals surface area contributed by atoms with Crippen LogP contribution < -0.4 is 15.5 Å². The lowest BCUT2D eigenvalue weighted by molar-refractivity contribution is -0.122. The molecule has 2 heterocycles. The van der Waals surface area contributed by atoms with E-state index in [1.54, 1.807) is 18.2 Å². The van der Waals surface area contributed by atoms with Gasteiger partial charge in [-0.2, -0.15) is 0 Å². The summed E-state index contributed by atoms with van der Waals surface area (Å²) in [5.41, 5.74) is 3.92. The van der Waals surface area contributed by atoms with E-state index in [-0.39, 0.29) is 27.8 Å². The van der Waals surface area contributed by atoms with E-state index in [1.165, 1.54) is 31.2 Å². The molecule has 0 saturated carbocycles. The first-order chi connectivity index (χ1) is 17.1. The first-order valence-electron chi connectivity index (χ1n) is 10.9. The lowest BCUT2D eigenvalue weighted by atomic mass is 10.1. The highest BCUT2D eigenvalue weighted by Gasteiger charge is 2.35. The number of aromatic nitrogens is 1. The molecule has 10 heteroatoms. The number of aromatic carboxylic acids is 1. The van der Waals surface area contributed by atoms with Crippen molar-refractivity contribution in [3.05, 3.63) is 82.7 Å². The molecule has 9 nitrogen and oxygen atoms in total. The van der Waals surface area contributed by atoms with Gasteiger partial charge < -0.3 is 15.0 Å². The first-order valence-corrected chi connectivity index (χ1v) is 11.3. The molecule has 182 valence electrons. The number of carboxylic acids is 1. The summed E-state index contributed by atoms with van der Waals surface area (Å²) in [5.74, 6) is -2.61. The Bertz CT molecular complexity index is 1470. The van der Waals surface area contributed by atoms with Gasteiger partial charge in [-0.3, -0.25) is 24.6 Å². The molecule has 0 unspecified atom stereocenters. The zero-order chi connectivity index (χ0) is 26.1. The van der Waals surface area contributed by atoms with Crippen LogP contribution in [0.15, 0.2) is 60.2 Å². The van der Waals surface area contributed by atoms with Gasteiger partial charge in [0.1, 0.15) is 5.57 Å². The van der Waals surface area contributed by atoms with Crippen LogP contribution in [-0.2, 0) is 14.4 Å². The molecule has 0 aliphatic carbocycles. The molecule has 0 bridgehead atoms. The van der Waals surface area contributed by atoms with E-state index in [9.17, 15) is 24.3 Å². The van der Waals surface area contributed by atoms with E-state index < -0.39 is 17.8 Å². The number of hydrogen-bond donors (Lipinski definition) is 3. The third-order valence-corrected chi connectivity index (χ3v) is 5.95. The van der Waals surface area contributed by atoms with E-state index in [4.69, 9.17) is 12.2 Å². The van der Waals surface area contributed by atoms with Crippen molar-refractivity contribution in [3.8, 4) is 5.69 Å². The Morgan fingerprint density at radius 2 is 1.72 bits per heavy atom. The lowest BCUT2D eigenvalue weighted by Gasteiger charge is -2.29. The van der Waals surface area contributed by atoms with Crippen molar-refractivity contribution >= 4 is 58.5 Å². The fourth-order valence-electron chi connectivity index (χ4n) is 4.05. The van der Waals surface area contributed by atoms with Crippen LogP contribution in [0.25, 0.3) is 11.8 Å². The van der Waals surface area contributed by atoms with Crippen LogP contribution in [-0.4, -0.2) is 38.5 Å². The molecule has 1 aliphatic heterocycles. The molecule has 1 saturated heterocycles. The molecule has 1 aliphatic rings. The van der Waals surface area contributed by atoms with Crippen LogP contribution in [0.4, 0.5) is 11.4 Å². The summed E-state index contributed by atoms with van der Waals surface area (Å²) >= 11 is 5.21. The van der Waals surface area contributed by atoms with E-state index >= 15 is 0 Å². The highest BCUT2D eigenvalue weighted by molar-refractivity contribution is 7.80. The number of nitrogens with one attached hydrogen (secondary N) is 2. The van der Waals surface area contributed by atoms with E-state index in [1.807, 2.05) is 36.6 Å². The number of amides is 3. The van der Waals surface area contributed by atoms with Gasteiger partial charge in [-0.15, -0.1) is 0 Å². The fourth-order valence-corrected chi connectivity index (χ4v) is 4.33. The normalized spacial score (nSPS) is 14.7. The van der Waals surface area contributed by atoms with Crippen molar-refractivity contribution in [1.82, 2.24) is 9.88 Å². The third kappa shape index (κ3) is 4.66. The molecule has 0 spiro atoms. The number of anilines is 2. The van der Waals surface area contributed by atoms with Crippen LogP contribution in [0.5, 0.6) is 0 Å². The minimum atomic E-state index is -1.15. The number of carboxylic acid groups (broad SMARTS) is 1. The highest BCUT2D eigenvalue weighted by Crippen LogP contribution is 2.27. The van der Waals surface area contributed by atoms with Gasteiger partial charge in [0.25, 0.3) is 11.8 Å². The molecule has 1 aromatic heterocycles. The molecule has 36 heavy (non-hydrogen) atoms. The molecule has 2 aromatic carbocycles. The zero-order valence-corrected chi connectivity index (χ0v) is 20.5. The van der Waals surface area contributed by atoms with E-state index in [0.29, 0.717) is 11.3 Å². The van der Waals surface area contributed by atoms with Crippen LogP contribution in [0.1, 0.15) is 34.2 Å². The number of carbonyl (C=O) groups is 4. The molecular formula is C26H22N4O5S. The summed E-state index contributed by atoms with van der Waals surface area (Å²) in [6.45, 7) is 5.21. The van der Waals surface area contributed by atoms with Crippen molar-refractivity contribution in [2.24, 2.45) is 0 Å². The minimum Gasteiger partial charge on any atom is -0.478 e. The molecular weight excluding hydrogens is 480 g/mol. The standard InChI is InChI=1S/C26H22N4O5S/c1-14-11-18(15(2)29(14)20-9-7-19(8-10-20)27-16(3)31)13-22-23(32)28-26(36)30(24(22)33)21-6-4-5-17(12-21)25(34)35/h4-13H,1-3H3,(H,27,31)(H,34,35)(H,28,32,36). The minimum absolute atomic E-state index is 0.0152. The Balaban J connectivity index is 1.71. The first kappa shape index (κ1) is 24.6. The van der Waals surface area contributed by atoms with Gasteiger partial charge in [0.15, 0.2) is 5.11 Å². The number of hydrogen-bond acceptors (Lipinski definition) is 5. The molecule has 4 rings (SSSR count). The average Bonchev–Trinajstić information content (AvgIpc) is 3.09. The van der Waals surface area contributed by atoms with Crippen LogP contribution in [0.3, 0.4) is 0 Å². The second kappa shape index (κ2) is 9.59. The predicted octanol–water partition coefficient (Wildman–Crippen LogP) is 3.58. The zero-order valence-electron chi connectivity index (χ0n) is 19.7. The predicted molar refractivity (Wildman–Crippen MR) is 139 cm³/mol. The topological polar surface area (TPSA) is 121 Å². The molecule has 0 atom stereocenters. The van der Waals surface area contributed by atoms with Gasteiger partial charge in [-0.05, 0) is 86.2 Å². The van der Waals surface area contributed by atoms with Gasteiger partial charge in [0.2, 0.25) is 5.91 Å². The number of aryl methyl sites for hydroxylation is 1. The maximum atomic E-state index is 13.4. The monoisotopic (exact) mass is 502 g/mol. The van der Waals surface area contributed by atoms with Gasteiger partial charge in [0.05, 0.1) is 11.3 Å². The second-order valence-corrected chi connectivity index (χ2v) is 8.59. The van der Waals surface area contributed by atoms with E-state index in [0.717, 1.165) is 22.0 Å². The third-order valence-electron chi connectivity index (χ3n) is 5.67. The smallest absolute Gasteiger partial charge is 0.335 e. The number of benzene rings is 2. The molecule has 3 amide bonds. The van der Waals surface area contributed by atoms with Crippen molar-refractivity contribution in [2.45, 2.75) is 20.8 Å². The van der Waals surface area contributed by atoms with Crippen molar-refractivity contribution in [3.63, 3.8) is 0 Å². The van der Waals surface area contributed by atoms with Gasteiger partial charge in [-0.25, -0.2) is 4.79 Å². The summed E-state index contributed by atoms with van der Waals surface area (Å²) in [6, 6.07) is 14.9. The molecule has 3 aromatic rings. The number of rotatable bonds is 5. The highest BCUT2D eigenvalue weighted by atomic mass is 32.1. The number of thiocarbonyl (C=S) groups is 1. The fraction of sp³-hybridized carbons (Fsp3) is 0.115. The lowest BCUT2D eigenvalue weighted by Crippen LogP contribution is -2.54. The van der Waals surface area contributed by atoms with Crippen LogP contribution >= 0.6 is 12.2 Å². The van der Waals surface area contributed by atoms with Gasteiger partial charge in [0, 0.05) is 29.7 Å². The summed E-state index contributed by atoms with van der Waals surface area (Å²) in [5, 5.41) is 14.4. The Morgan fingerprint density at radius 1 is 1.03 bits per heavy atom. The molecule has 1 fully saturated rings. The SMILES string of the molecule is CC(=O)Nc1ccc(-n2c(C)cc(C=C3C(=O)NC(=S)N(c4cccc(C(=O)O)c4)C3=O)c2C)cc1. The summed E-state index contributed by atoms with van der Waals surface area (Å²) in [7, 11) is 0. The Morgan fingerprint density at radius 3 is 2.36 bits per heavy atom. The quantitative estimate of drug-likeness (QED) is 0.279. The second-order valence-electron chi connectivity index (χ2n) is 8.20. The summed E-state index contributed by atoms with van der Waals surface area (Å²) in [4.78, 5) is 49.8. The van der Waals surface area contributed by atoms with Crippen molar-refractivity contribution in [2.75, 3.05) is 10.2 Å². The van der Waals surface area contributed by atoms with Crippen LogP contribution in [0.2, 0.25) is 0 Å². The molecule has 0 radical (unpaired) electrons. The van der Waals surface area contributed by atoms with Gasteiger partial charge >= 0.3 is 5.97 Å². The Labute approximate surface area is 212 Å². The van der Waals surface area contributed by atoms with Crippen LogP contribution in [0, 0.1) is 13.8 Å². The molecule has 3 N–H and O–H groups in total.